The first-order chi connectivity index (χ1) is 14.2. The van der Waals surface area contributed by atoms with Gasteiger partial charge in [0.2, 0.25) is 0 Å². The molecule has 0 radical (unpaired) electrons. The van der Waals surface area contributed by atoms with Gasteiger partial charge in [-0.1, -0.05) is 0 Å². The molecule has 0 bridgehead atoms. The summed E-state index contributed by atoms with van der Waals surface area (Å²) < 4.78 is 13.6. The number of aromatic nitrogens is 3. The van der Waals surface area contributed by atoms with Gasteiger partial charge >= 0.3 is 0 Å². The lowest BCUT2D eigenvalue weighted by atomic mass is 10.0. The molecule has 4 aromatic rings. The molecule has 0 atom stereocenters. The van der Waals surface area contributed by atoms with Crippen molar-refractivity contribution in [2.24, 2.45) is 0 Å². The van der Waals surface area contributed by atoms with Crippen LogP contribution in [0.15, 0.2) is 36.7 Å². The molecule has 1 fully saturated rings. The maximum absolute atomic E-state index is 9.51. The molecule has 5 rings (SSSR count). The van der Waals surface area contributed by atoms with Gasteiger partial charge in [0.15, 0.2) is 5.75 Å². The van der Waals surface area contributed by atoms with E-state index in [1.807, 2.05) is 29.2 Å². The van der Waals surface area contributed by atoms with Crippen molar-refractivity contribution in [2.75, 3.05) is 20.2 Å². The van der Waals surface area contributed by atoms with Crippen LogP contribution in [0, 0.1) is 18.3 Å². The molecule has 2 aromatic carbocycles. The first kappa shape index (κ1) is 17.6. The number of benzene rings is 2. The summed E-state index contributed by atoms with van der Waals surface area (Å²) >= 11 is 0. The number of methoxy groups -OCH3 is 1. The minimum atomic E-state index is 0.0783. The number of aromatic amines is 1. The largest absolute Gasteiger partial charge is 0.496 e. The van der Waals surface area contributed by atoms with Gasteiger partial charge in [0.1, 0.15) is 23.4 Å². The minimum Gasteiger partial charge on any atom is -0.496 e. The fourth-order valence-electron chi connectivity index (χ4n) is 3.86. The Labute approximate surface area is 167 Å². The maximum Gasteiger partial charge on any atom is 0.165 e. The summed E-state index contributed by atoms with van der Waals surface area (Å²) in [6.07, 6.45) is 4.01. The third-order valence-corrected chi connectivity index (χ3v) is 5.48. The van der Waals surface area contributed by atoms with E-state index >= 15 is 0 Å². The molecule has 7 nitrogen and oxygen atoms in total. The van der Waals surface area contributed by atoms with Crippen LogP contribution < -0.4 is 14.8 Å². The molecule has 0 amide bonds. The molecule has 1 aliphatic rings. The summed E-state index contributed by atoms with van der Waals surface area (Å²) in [6, 6.07) is 10.1. The number of ether oxygens (including phenoxy) is 2. The Bertz CT molecular complexity index is 1260. The monoisotopic (exact) mass is 387 g/mol. The second kappa shape index (κ2) is 6.83. The smallest absolute Gasteiger partial charge is 0.165 e. The van der Waals surface area contributed by atoms with E-state index in [0.29, 0.717) is 23.4 Å². The molecule has 146 valence electrons. The zero-order chi connectivity index (χ0) is 20.0. The number of aryl methyl sites for hydroxylation is 1. The Balaban J connectivity index is 1.59. The van der Waals surface area contributed by atoms with Crippen molar-refractivity contribution in [1.82, 2.24) is 20.1 Å². The van der Waals surface area contributed by atoms with Crippen molar-refractivity contribution in [3.63, 3.8) is 0 Å². The van der Waals surface area contributed by atoms with Gasteiger partial charge in [0.25, 0.3) is 0 Å². The third kappa shape index (κ3) is 2.89. The average Bonchev–Trinajstić information content (AvgIpc) is 3.33. The van der Waals surface area contributed by atoms with E-state index in [0.717, 1.165) is 46.3 Å². The summed E-state index contributed by atoms with van der Waals surface area (Å²) in [5.41, 5.74) is 4.53. The summed E-state index contributed by atoms with van der Waals surface area (Å²) in [5.74, 6) is 1.40. The van der Waals surface area contributed by atoms with Crippen LogP contribution in [0.2, 0.25) is 0 Å². The minimum absolute atomic E-state index is 0.0783. The zero-order valence-electron chi connectivity index (χ0n) is 16.3. The highest BCUT2D eigenvalue weighted by Gasteiger charge is 2.23. The van der Waals surface area contributed by atoms with Crippen LogP contribution in [-0.2, 0) is 6.54 Å². The van der Waals surface area contributed by atoms with Crippen molar-refractivity contribution in [1.29, 1.82) is 5.26 Å². The number of hydrogen-bond donors (Lipinski definition) is 2. The molecule has 2 N–H and O–H groups in total. The van der Waals surface area contributed by atoms with Crippen molar-refractivity contribution in [3.8, 4) is 17.6 Å². The quantitative estimate of drug-likeness (QED) is 0.549. The average molecular weight is 387 g/mol. The van der Waals surface area contributed by atoms with Crippen LogP contribution >= 0.6 is 0 Å². The molecule has 1 saturated heterocycles. The molecule has 0 spiro atoms. The number of rotatable bonds is 5. The molecule has 7 heteroatoms. The second-order valence-electron chi connectivity index (χ2n) is 7.36. The second-order valence-corrected chi connectivity index (χ2v) is 7.36. The lowest BCUT2D eigenvalue weighted by molar-refractivity contribution is 0.143. The van der Waals surface area contributed by atoms with E-state index in [4.69, 9.17) is 14.6 Å². The summed E-state index contributed by atoms with van der Waals surface area (Å²) in [7, 11) is 1.69. The van der Waals surface area contributed by atoms with Crippen molar-refractivity contribution in [2.45, 2.75) is 19.6 Å². The highest BCUT2D eigenvalue weighted by atomic mass is 16.5. The van der Waals surface area contributed by atoms with Crippen LogP contribution in [0.3, 0.4) is 0 Å². The van der Waals surface area contributed by atoms with Gasteiger partial charge in [-0.15, -0.1) is 0 Å². The van der Waals surface area contributed by atoms with Gasteiger partial charge in [-0.3, -0.25) is 4.68 Å². The normalized spacial score (nSPS) is 14.1. The van der Waals surface area contributed by atoms with Gasteiger partial charge in [-0.05, 0) is 36.8 Å². The van der Waals surface area contributed by atoms with Gasteiger partial charge in [0.05, 0.1) is 19.2 Å². The number of hydrogen-bond acceptors (Lipinski definition) is 5. The fraction of sp³-hybridized carbons (Fsp3) is 0.273. The van der Waals surface area contributed by atoms with Gasteiger partial charge < -0.3 is 19.8 Å². The number of fused-ring (bicyclic) bond motifs is 2. The first-order valence-electron chi connectivity index (χ1n) is 9.59. The van der Waals surface area contributed by atoms with Crippen molar-refractivity contribution < 1.29 is 9.47 Å². The Morgan fingerprint density at radius 3 is 2.90 bits per heavy atom. The van der Waals surface area contributed by atoms with Crippen LogP contribution in [0.5, 0.6) is 11.5 Å². The lowest BCUT2D eigenvalue weighted by Gasteiger charge is -2.28. The maximum atomic E-state index is 9.51. The lowest BCUT2D eigenvalue weighted by Crippen LogP contribution is -2.50. The molecule has 0 unspecified atom stereocenters. The van der Waals surface area contributed by atoms with E-state index in [1.54, 1.807) is 13.2 Å². The van der Waals surface area contributed by atoms with Crippen LogP contribution in [0.1, 0.15) is 16.7 Å². The summed E-state index contributed by atoms with van der Waals surface area (Å²) in [4.78, 5) is 3.30. The van der Waals surface area contributed by atoms with E-state index in [-0.39, 0.29) is 6.10 Å². The first-order valence-corrected chi connectivity index (χ1v) is 9.59. The molecule has 2 aromatic heterocycles. The van der Waals surface area contributed by atoms with Crippen molar-refractivity contribution >= 4 is 21.8 Å². The fourth-order valence-corrected chi connectivity index (χ4v) is 3.86. The molecule has 3 heterocycles. The standard InChI is InChI=1S/C22H21N5O2/c1-13-7-19(28-2)18(17-5-6-25-20(13)17)12-27-11-15-4-3-14(8-23)22(21(15)26-27)29-16-9-24-10-16/h3-7,11,16,24-25H,9-10,12H2,1-2H3. The molecular formula is C22H21N5O2. The number of H-pyrrole nitrogens is 1. The highest BCUT2D eigenvalue weighted by molar-refractivity contribution is 5.89. The Morgan fingerprint density at radius 1 is 1.31 bits per heavy atom. The van der Waals surface area contributed by atoms with Crippen molar-refractivity contribution in [3.05, 3.63) is 53.3 Å². The number of nitrogens with zero attached hydrogens (tertiary/aromatic N) is 3. The van der Waals surface area contributed by atoms with Crippen LogP contribution in [0.4, 0.5) is 0 Å². The molecule has 29 heavy (non-hydrogen) atoms. The Morgan fingerprint density at radius 2 is 2.17 bits per heavy atom. The predicted molar refractivity (Wildman–Crippen MR) is 110 cm³/mol. The third-order valence-electron chi connectivity index (χ3n) is 5.48. The van der Waals surface area contributed by atoms with E-state index in [2.05, 4.69) is 29.4 Å². The molecule has 1 aliphatic heterocycles. The predicted octanol–water partition coefficient (Wildman–Crippen LogP) is 3.11. The van der Waals surface area contributed by atoms with E-state index in [9.17, 15) is 5.26 Å². The van der Waals surface area contributed by atoms with Crippen LogP contribution in [0.25, 0.3) is 21.8 Å². The molecular weight excluding hydrogens is 366 g/mol. The number of nitriles is 1. The van der Waals surface area contributed by atoms with E-state index in [1.165, 1.54) is 0 Å². The Kier molecular flexibility index (Phi) is 4.14. The number of nitrogens with one attached hydrogen (secondary N) is 2. The molecule has 0 saturated carbocycles. The van der Waals surface area contributed by atoms with Gasteiger partial charge in [-0.25, -0.2) is 0 Å². The Hall–Kier alpha value is -3.50. The van der Waals surface area contributed by atoms with Gasteiger partial charge in [0, 0.05) is 47.3 Å². The summed E-state index contributed by atoms with van der Waals surface area (Å²) in [6.45, 7) is 4.19. The summed E-state index contributed by atoms with van der Waals surface area (Å²) in [5, 5.41) is 19.5. The SMILES string of the molecule is COc1cc(C)c2[nH]ccc2c1Cn1cc2ccc(C#N)c(OC3CNC3)c2n1. The van der Waals surface area contributed by atoms with Gasteiger partial charge in [-0.2, -0.15) is 10.4 Å². The topological polar surface area (TPSA) is 87.9 Å². The zero-order valence-corrected chi connectivity index (χ0v) is 16.3. The van der Waals surface area contributed by atoms with E-state index < -0.39 is 0 Å². The molecule has 0 aliphatic carbocycles. The highest BCUT2D eigenvalue weighted by Crippen LogP contribution is 2.33. The van der Waals surface area contributed by atoms with Crippen LogP contribution in [-0.4, -0.2) is 41.1 Å².